The summed E-state index contributed by atoms with van der Waals surface area (Å²) >= 11 is 0. The van der Waals surface area contributed by atoms with Crippen LogP contribution in [0.2, 0.25) is 0 Å². The van der Waals surface area contributed by atoms with Crippen LogP contribution < -0.4 is 5.32 Å². The molecule has 1 aliphatic rings. The number of carbonyl (C=O) groups excluding carboxylic acids is 1. The molecule has 3 heteroatoms. The van der Waals surface area contributed by atoms with E-state index in [1.165, 1.54) is 12.8 Å². The van der Waals surface area contributed by atoms with Crippen LogP contribution in [0.3, 0.4) is 0 Å². The lowest BCUT2D eigenvalue weighted by Gasteiger charge is -2.30. The van der Waals surface area contributed by atoms with Crippen LogP contribution in [0, 0.1) is 0 Å². The van der Waals surface area contributed by atoms with Gasteiger partial charge in [-0.2, -0.15) is 0 Å². The Morgan fingerprint density at radius 3 is 2.86 bits per heavy atom. The Balaban J connectivity index is 2.34. The Labute approximate surface area is 86.2 Å². The first-order valence-electron chi connectivity index (χ1n) is 5.31. The summed E-state index contributed by atoms with van der Waals surface area (Å²) in [5.74, 6) is 0.100. The lowest BCUT2D eigenvalue weighted by atomic mass is 10.1. The molecule has 0 spiro atoms. The molecule has 1 saturated heterocycles. The van der Waals surface area contributed by atoms with Crippen LogP contribution in [-0.4, -0.2) is 29.9 Å². The van der Waals surface area contributed by atoms with E-state index in [1.54, 1.807) is 0 Å². The maximum atomic E-state index is 11.5. The molecule has 14 heavy (non-hydrogen) atoms. The zero-order chi connectivity index (χ0) is 10.6. The molecule has 80 valence electrons. The minimum Gasteiger partial charge on any atom is -0.366 e. The quantitative estimate of drug-likeness (QED) is 0.742. The molecule has 0 aliphatic carbocycles. The van der Waals surface area contributed by atoms with Crippen molar-refractivity contribution in [2.75, 3.05) is 13.1 Å². The number of piperidine rings is 1. The van der Waals surface area contributed by atoms with Crippen LogP contribution in [0.1, 0.15) is 33.1 Å². The van der Waals surface area contributed by atoms with E-state index >= 15 is 0 Å². The third-order valence-electron chi connectivity index (χ3n) is 2.37. The maximum Gasteiger partial charge on any atom is 0.239 e. The third kappa shape index (κ3) is 3.40. The number of allylic oxidation sites excluding steroid dienone is 1. The minimum atomic E-state index is 0.100. The zero-order valence-corrected chi connectivity index (χ0v) is 9.18. The van der Waals surface area contributed by atoms with Gasteiger partial charge in [-0.25, -0.2) is 0 Å². The van der Waals surface area contributed by atoms with Crippen molar-refractivity contribution in [3.05, 3.63) is 12.3 Å². The lowest BCUT2D eigenvalue weighted by molar-refractivity contribution is -0.122. The van der Waals surface area contributed by atoms with Crippen molar-refractivity contribution in [1.29, 1.82) is 0 Å². The number of rotatable bonds is 3. The fraction of sp³-hybridized carbons (Fsp3) is 0.727. The summed E-state index contributed by atoms with van der Waals surface area (Å²) in [4.78, 5) is 13.6. The summed E-state index contributed by atoms with van der Waals surface area (Å²) in [6.07, 6.45) is 3.42. The van der Waals surface area contributed by atoms with Gasteiger partial charge in [0.1, 0.15) is 0 Å². The largest absolute Gasteiger partial charge is 0.366 e. The molecule has 0 aromatic rings. The highest BCUT2D eigenvalue weighted by Gasteiger charge is 2.16. The normalized spacial score (nSPS) is 17.4. The molecule has 1 amide bonds. The lowest BCUT2D eigenvalue weighted by Crippen LogP contribution is -2.40. The van der Waals surface area contributed by atoms with Crippen LogP contribution in [-0.2, 0) is 4.79 Å². The molecule has 0 unspecified atom stereocenters. The van der Waals surface area contributed by atoms with Crippen LogP contribution in [0.25, 0.3) is 0 Å². The molecular formula is C11H20N2O. The van der Waals surface area contributed by atoms with E-state index in [2.05, 4.69) is 16.8 Å². The first-order valence-corrected chi connectivity index (χ1v) is 5.31. The Bertz CT molecular complexity index is 223. The average Bonchev–Trinajstić information content (AvgIpc) is 2.07. The number of nitrogens with zero attached hydrogens (tertiary/aromatic N) is 1. The maximum absolute atomic E-state index is 11.5. The summed E-state index contributed by atoms with van der Waals surface area (Å²) in [5.41, 5.74) is 1.11. The average molecular weight is 196 g/mol. The van der Waals surface area contributed by atoms with Gasteiger partial charge >= 0.3 is 0 Å². The standard InChI is InChI=1S/C11H20N2O/c1-9(2)12-11(14)8-13-7-5-4-6-10(13)3/h9H,3-8H2,1-2H3,(H,12,14). The monoisotopic (exact) mass is 196 g/mol. The molecule has 0 bridgehead atoms. The van der Waals surface area contributed by atoms with Gasteiger partial charge in [0.2, 0.25) is 5.91 Å². The molecule has 0 saturated carbocycles. The van der Waals surface area contributed by atoms with Gasteiger partial charge in [0.15, 0.2) is 0 Å². The SMILES string of the molecule is C=C1CCCCN1CC(=O)NC(C)C. The molecule has 3 nitrogen and oxygen atoms in total. The third-order valence-corrected chi connectivity index (χ3v) is 2.37. The number of hydrogen-bond donors (Lipinski definition) is 1. The summed E-state index contributed by atoms with van der Waals surface area (Å²) in [5, 5.41) is 2.89. The van der Waals surface area contributed by atoms with E-state index in [-0.39, 0.29) is 11.9 Å². The van der Waals surface area contributed by atoms with E-state index in [1.807, 2.05) is 13.8 Å². The van der Waals surface area contributed by atoms with Crippen molar-refractivity contribution >= 4 is 5.91 Å². The van der Waals surface area contributed by atoms with Gasteiger partial charge in [-0.1, -0.05) is 6.58 Å². The fourth-order valence-corrected chi connectivity index (χ4v) is 1.68. The topological polar surface area (TPSA) is 32.3 Å². The fourth-order valence-electron chi connectivity index (χ4n) is 1.68. The summed E-state index contributed by atoms with van der Waals surface area (Å²) in [6.45, 7) is 9.37. The van der Waals surface area contributed by atoms with Crippen molar-refractivity contribution in [3.63, 3.8) is 0 Å². The molecule has 1 aliphatic heterocycles. The molecule has 1 heterocycles. The first-order chi connectivity index (χ1) is 6.59. The molecular weight excluding hydrogens is 176 g/mol. The number of amides is 1. The van der Waals surface area contributed by atoms with Gasteiger partial charge < -0.3 is 10.2 Å². The Morgan fingerprint density at radius 1 is 1.57 bits per heavy atom. The second kappa shape index (κ2) is 5.03. The summed E-state index contributed by atoms with van der Waals surface area (Å²) in [6, 6.07) is 0.223. The Kier molecular flexibility index (Phi) is 3.98. The molecule has 1 fully saturated rings. The summed E-state index contributed by atoms with van der Waals surface area (Å²) in [7, 11) is 0. The Morgan fingerprint density at radius 2 is 2.29 bits per heavy atom. The van der Waals surface area contributed by atoms with Crippen molar-refractivity contribution in [1.82, 2.24) is 10.2 Å². The smallest absolute Gasteiger partial charge is 0.239 e. The van der Waals surface area contributed by atoms with Crippen LogP contribution in [0.15, 0.2) is 12.3 Å². The number of likely N-dealkylation sites (tertiary alicyclic amines) is 1. The van der Waals surface area contributed by atoms with E-state index in [4.69, 9.17) is 0 Å². The minimum absolute atomic E-state index is 0.100. The van der Waals surface area contributed by atoms with Gasteiger partial charge in [-0.05, 0) is 33.1 Å². The van der Waals surface area contributed by atoms with Crippen molar-refractivity contribution in [2.24, 2.45) is 0 Å². The second-order valence-corrected chi connectivity index (χ2v) is 4.17. The van der Waals surface area contributed by atoms with E-state index < -0.39 is 0 Å². The predicted octanol–water partition coefficient (Wildman–Crippen LogP) is 1.51. The highest BCUT2D eigenvalue weighted by molar-refractivity contribution is 5.78. The van der Waals surface area contributed by atoms with Gasteiger partial charge in [-0.3, -0.25) is 4.79 Å². The van der Waals surface area contributed by atoms with Crippen LogP contribution >= 0.6 is 0 Å². The van der Waals surface area contributed by atoms with E-state index in [0.717, 1.165) is 18.7 Å². The highest BCUT2D eigenvalue weighted by Crippen LogP contribution is 2.17. The predicted molar refractivity (Wildman–Crippen MR) is 57.8 cm³/mol. The van der Waals surface area contributed by atoms with Gasteiger partial charge in [0.25, 0.3) is 0 Å². The Hall–Kier alpha value is -0.990. The second-order valence-electron chi connectivity index (χ2n) is 4.17. The van der Waals surface area contributed by atoms with Gasteiger partial charge in [0, 0.05) is 18.3 Å². The van der Waals surface area contributed by atoms with Crippen molar-refractivity contribution in [2.45, 2.75) is 39.2 Å². The molecule has 0 aromatic heterocycles. The van der Waals surface area contributed by atoms with Crippen molar-refractivity contribution < 1.29 is 4.79 Å². The van der Waals surface area contributed by atoms with Crippen LogP contribution in [0.5, 0.6) is 0 Å². The molecule has 0 radical (unpaired) electrons. The van der Waals surface area contributed by atoms with Gasteiger partial charge in [0.05, 0.1) is 6.54 Å². The molecule has 0 aromatic carbocycles. The highest BCUT2D eigenvalue weighted by atomic mass is 16.2. The summed E-state index contributed by atoms with van der Waals surface area (Å²) < 4.78 is 0. The molecule has 1 rings (SSSR count). The number of hydrogen-bond acceptors (Lipinski definition) is 2. The van der Waals surface area contributed by atoms with E-state index in [0.29, 0.717) is 6.54 Å². The number of carbonyl (C=O) groups is 1. The van der Waals surface area contributed by atoms with E-state index in [9.17, 15) is 4.79 Å². The first kappa shape index (κ1) is 11.1. The van der Waals surface area contributed by atoms with Gasteiger partial charge in [-0.15, -0.1) is 0 Å². The molecule has 0 atom stereocenters. The molecule has 1 N–H and O–H groups in total. The zero-order valence-electron chi connectivity index (χ0n) is 9.18. The van der Waals surface area contributed by atoms with Crippen molar-refractivity contribution in [3.8, 4) is 0 Å². The number of nitrogens with one attached hydrogen (secondary N) is 1. The van der Waals surface area contributed by atoms with Crippen LogP contribution in [0.4, 0.5) is 0 Å².